The van der Waals surface area contributed by atoms with E-state index in [0.29, 0.717) is 24.9 Å². The van der Waals surface area contributed by atoms with E-state index in [0.717, 1.165) is 18.4 Å². The molecule has 0 atom stereocenters. The summed E-state index contributed by atoms with van der Waals surface area (Å²) in [5.41, 5.74) is 7.16. The van der Waals surface area contributed by atoms with Crippen molar-refractivity contribution in [1.82, 2.24) is 4.90 Å². The van der Waals surface area contributed by atoms with Crippen molar-refractivity contribution in [2.75, 3.05) is 5.32 Å². The predicted molar refractivity (Wildman–Crippen MR) is 80.6 cm³/mol. The second kappa shape index (κ2) is 5.53. The molecule has 6 nitrogen and oxygen atoms in total. The van der Waals surface area contributed by atoms with Crippen LogP contribution in [0.5, 0.6) is 0 Å². The Labute approximate surface area is 128 Å². The highest BCUT2D eigenvalue weighted by Gasteiger charge is 2.40. The number of hydrogen-bond donors (Lipinski definition) is 2. The summed E-state index contributed by atoms with van der Waals surface area (Å²) >= 11 is 0. The summed E-state index contributed by atoms with van der Waals surface area (Å²) in [4.78, 5) is 36.3. The number of carbonyl (C=O) groups is 3. The van der Waals surface area contributed by atoms with Crippen molar-refractivity contribution in [3.63, 3.8) is 0 Å². The zero-order valence-electron chi connectivity index (χ0n) is 12.3. The number of benzene rings is 1. The Bertz CT molecular complexity index is 604. The van der Waals surface area contributed by atoms with Crippen LogP contribution in [0.3, 0.4) is 0 Å². The average molecular weight is 301 g/mol. The largest absolute Gasteiger partial charge is 0.326 e. The van der Waals surface area contributed by atoms with Crippen molar-refractivity contribution in [2.45, 2.75) is 44.2 Å². The summed E-state index contributed by atoms with van der Waals surface area (Å²) in [6.07, 6.45) is 2.74. The van der Waals surface area contributed by atoms with Crippen LogP contribution in [0.15, 0.2) is 24.3 Å². The van der Waals surface area contributed by atoms with Crippen LogP contribution in [-0.4, -0.2) is 28.2 Å². The van der Waals surface area contributed by atoms with Gasteiger partial charge in [0.25, 0.3) is 0 Å². The van der Waals surface area contributed by atoms with Crippen molar-refractivity contribution in [3.8, 4) is 0 Å². The molecule has 1 saturated carbocycles. The molecule has 1 aliphatic heterocycles. The van der Waals surface area contributed by atoms with E-state index in [9.17, 15) is 14.4 Å². The lowest BCUT2D eigenvalue weighted by Gasteiger charge is -2.14. The number of nitrogens with one attached hydrogen (secondary N) is 1. The van der Waals surface area contributed by atoms with E-state index < -0.39 is 0 Å². The van der Waals surface area contributed by atoms with Gasteiger partial charge in [-0.3, -0.25) is 19.3 Å². The van der Waals surface area contributed by atoms with Gasteiger partial charge in [0, 0.05) is 30.5 Å². The summed E-state index contributed by atoms with van der Waals surface area (Å²) in [5.74, 6) is -0.335. The van der Waals surface area contributed by atoms with E-state index in [4.69, 9.17) is 5.73 Å². The van der Waals surface area contributed by atoms with Crippen LogP contribution in [0.4, 0.5) is 5.69 Å². The van der Waals surface area contributed by atoms with Crippen molar-refractivity contribution in [3.05, 3.63) is 29.8 Å². The number of likely N-dealkylation sites (tertiary alicyclic amines) is 1. The van der Waals surface area contributed by atoms with E-state index in [2.05, 4.69) is 5.32 Å². The monoisotopic (exact) mass is 301 g/mol. The Morgan fingerprint density at radius 3 is 2.27 bits per heavy atom. The molecular formula is C16H19N3O3. The third-order valence-electron chi connectivity index (χ3n) is 4.14. The van der Waals surface area contributed by atoms with Gasteiger partial charge in [0.1, 0.15) is 0 Å². The van der Waals surface area contributed by atoms with Gasteiger partial charge in [-0.15, -0.1) is 0 Å². The number of imide groups is 1. The Morgan fingerprint density at radius 2 is 1.73 bits per heavy atom. The predicted octanol–water partition coefficient (Wildman–Crippen LogP) is 1.16. The van der Waals surface area contributed by atoms with Gasteiger partial charge in [0.2, 0.25) is 17.7 Å². The van der Waals surface area contributed by atoms with Gasteiger partial charge in [0.15, 0.2) is 0 Å². The van der Waals surface area contributed by atoms with Crippen LogP contribution >= 0.6 is 0 Å². The van der Waals surface area contributed by atoms with Crippen molar-refractivity contribution >= 4 is 23.4 Å². The number of nitrogens with two attached hydrogens (primary N) is 1. The maximum atomic E-state index is 11.8. The molecule has 3 N–H and O–H groups in total. The highest BCUT2D eigenvalue weighted by molar-refractivity contribution is 6.01. The molecule has 1 aromatic carbocycles. The number of carbonyl (C=O) groups excluding carboxylic acids is 3. The first-order valence-electron chi connectivity index (χ1n) is 7.46. The summed E-state index contributed by atoms with van der Waals surface area (Å²) < 4.78 is 0. The molecule has 0 spiro atoms. The molecule has 0 bridgehead atoms. The maximum Gasteiger partial charge on any atom is 0.229 e. The second-order valence-electron chi connectivity index (χ2n) is 6.16. The molecule has 2 aliphatic rings. The molecule has 116 valence electrons. The van der Waals surface area contributed by atoms with E-state index >= 15 is 0 Å². The van der Waals surface area contributed by atoms with Crippen molar-refractivity contribution in [1.29, 1.82) is 0 Å². The fourth-order valence-electron chi connectivity index (χ4n) is 2.54. The fourth-order valence-corrected chi connectivity index (χ4v) is 2.54. The van der Waals surface area contributed by atoms with Gasteiger partial charge >= 0.3 is 0 Å². The first-order chi connectivity index (χ1) is 10.5. The normalized spacial score (nSPS) is 19.4. The van der Waals surface area contributed by atoms with E-state index in [1.54, 1.807) is 12.1 Å². The van der Waals surface area contributed by atoms with Gasteiger partial charge in [-0.05, 0) is 30.5 Å². The first kappa shape index (κ1) is 14.7. The SMILES string of the molecule is NC1(CC(=O)Nc2ccc(CN3C(=O)CCC3=O)cc2)CC1. The molecule has 6 heteroatoms. The Kier molecular flexibility index (Phi) is 3.70. The number of nitrogens with zero attached hydrogens (tertiary/aromatic N) is 1. The number of hydrogen-bond acceptors (Lipinski definition) is 4. The molecule has 0 unspecified atom stereocenters. The number of amides is 3. The summed E-state index contributed by atoms with van der Waals surface area (Å²) in [6.45, 7) is 0.289. The molecule has 0 aromatic heterocycles. The van der Waals surface area contributed by atoms with E-state index in [-0.39, 0.29) is 29.8 Å². The van der Waals surface area contributed by atoms with Crippen LogP contribution < -0.4 is 11.1 Å². The first-order valence-corrected chi connectivity index (χ1v) is 7.46. The van der Waals surface area contributed by atoms with Gasteiger partial charge in [0.05, 0.1) is 6.54 Å². The molecule has 1 heterocycles. The molecule has 1 aliphatic carbocycles. The zero-order valence-corrected chi connectivity index (χ0v) is 12.3. The molecule has 2 fully saturated rings. The van der Waals surface area contributed by atoms with Crippen LogP contribution in [0.1, 0.15) is 37.7 Å². The maximum absolute atomic E-state index is 11.8. The highest BCUT2D eigenvalue weighted by atomic mass is 16.2. The van der Waals surface area contributed by atoms with E-state index in [1.807, 2.05) is 12.1 Å². The molecule has 1 aromatic rings. The van der Waals surface area contributed by atoms with Crippen LogP contribution in [0, 0.1) is 0 Å². The zero-order chi connectivity index (χ0) is 15.7. The molecule has 3 rings (SSSR count). The molecule has 1 saturated heterocycles. The topological polar surface area (TPSA) is 92.5 Å². The minimum absolute atomic E-state index is 0.0855. The number of anilines is 1. The summed E-state index contributed by atoms with van der Waals surface area (Å²) in [5, 5.41) is 2.81. The molecule has 3 amide bonds. The third kappa shape index (κ3) is 3.33. The molecule has 0 radical (unpaired) electrons. The Hall–Kier alpha value is -2.21. The van der Waals surface area contributed by atoms with Crippen molar-refractivity contribution < 1.29 is 14.4 Å². The molecular weight excluding hydrogens is 282 g/mol. The van der Waals surface area contributed by atoms with Crippen LogP contribution in [0.25, 0.3) is 0 Å². The summed E-state index contributed by atoms with van der Waals surface area (Å²) in [7, 11) is 0. The number of rotatable bonds is 5. The smallest absolute Gasteiger partial charge is 0.229 e. The summed E-state index contributed by atoms with van der Waals surface area (Å²) in [6, 6.07) is 7.16. The lowest BCUT2D eigenvalue weighted by molar-refractivity contribution is -0.139. The minimum atomic E-state index is -0.305. The van der Waals surface area contributed by atoms with Crippen LogP contribution in [-0.2, 0) is 20.9 Å². The lowest BCUT2D eigenvalue weighted by Crippen LogP contribution is -2.29. The minimum Gasteiger partial charge on any atom is -0.326 e. The van der Waals surface area contributed by atoms with Gasteiger partial charge < -0.3 is 11.1 Å². The Balaban J connectivity index is 1.57. The van der Waals surface area contributed by atoms with Crippen LogP contribution in [0.2, 0.25) is 0 Å². The average Bonchev–Trinajstić information content (AvgIpc) is 3.11. The van der Waals surface area contributed by atoms with Crippen molar-refractivity contribution in [2.24, 2.45) is 5.73 Å². The fraction of sp³-hybridized carbons (Fsp3) is 0.438. The second-order valence-corrected chi connectivity index (χ2v) is 6.16. The highest BCUT2D eigenvalue weighted by Crippen LogP contribution is 2.35. The van der Waals surface area contributed by atoms with Gasteiger partial charge in [-0.25, -0.2) is 0 Å². The standard InChI is InChI=1S/C16H19N3O3/c17-16(7-8-16)9-13(20)18-12-3-1-11(2-4-12)10-19-14(21)5-6-15(19)22/h1-4H,5-10,17H2,(H,18,20). The Morgan fingerprint density at radius 1 is 1.14 bits per heavy atom. The quantitative estimate of drug-likeness (QED) is 0.798. The van der Waals surface area contributed by atoms with E-state index in [1.165, 1.54) is 4.90 Å². The van der Waals surface area contributed by atoms with Gasteiger partial charge in [-0.2, -0.15) is 0 Å². The van der Waals surface area contributed by atoms with Gasteiger partial charge in [-0.1, -0.05) is 12.1 Å². The lowest BCUT2D eigenvalue weighted by atomic mass is 10.1. The third-order valence-corrected chi connectivity index (χ3v) is 4.14. The molecule has 22 heavy (non-hydrogen) atoms.